The minimum absolute atomic E-state index is 0.195. The number of amides is 1. The van der Waals surface area contributed by atoms with Crippen LogP contribution in [-0.4, -0.2) is 29.5 Å². The van der Waals surface area contributed by atoms with E-state index in [1.807, 2.05) is 0 Å². The van der Waals surface area contributed by atoms with Crippen LogP contribution in [0.4, 0.5) is 5.00 Å². The molecular formula is C17H21N3O5S2. The van der Waals surface area contributed by atoms with Gasteiger partial charge in [-0.25, -0.2) is 4.79 Å². The summed E-state index contributed by atoms with van der Waals surface area (Å²) in [5, 5.41) is 18.8. The van der Waals surface area contributed by atoms with Gasteiger partial charge < -0.3 is 19.7 Å². The summed E-state index contributed by atoms with van der Waals surface area (Å²) in [6.45, 7) is 2.06. The largest absolute Gasteiger partial charge is 0.538 e. The van der Waals surface area contributed by atoms with Gasteiger partial charge in [-0.2, -0.15) is 0 Å². The molecule has 8 nitrogen and oxygen atoms in total. The highest BCUT2D eigenvalue weighted by Gasteiger charge is 2.27. The number of nitrogens with one attached hydrogen (secondary N) is 1. The Labute approximate surface area is 164 Å². The van der Waals surface area contributed by atoms with Gasteiger partial charge in [-0.05, 0) is 38.2 Å². The first-order valence-corrected chi connectivity index (χ1v) is 10.6. The van der Waals surface area contributed by atoms with Crippen LogP contribution in [0.5, 0.6) is 5.95 Å². The van der Waals surface area contributed by atoms with Crippen LogP contribution in [0.2, 0.25) is 0 Å². The molecule has 0 aromatic carbocycles. The number of rotatable bonds is 7. The number of thioether (sulfide) groups is 1. The molecule has 2 aromatic rings. The van der Waals surface area contributed by atoms with Crippen molar-refractivity contribution < 1.29 is 28.6 Å². The van der Waals surface area contributed by atoms with Gasteiger partial charge in [0.05, 0.1) is 17.4 Å². The summed E-state index contributed by atoms with van der Waals surface area (Å²) in [6.07, 6.45) is 4.08. The standard InChI is InChI=1S/C17H21N3O5S2/c1-3-24-16(22)13-10-6-4-5-7-11(10)27-14(13)18-12(21)8-9-26-15-17(23)25-19-20(15)2/h3-9H2,1-2H3,(H-,18,19,21,22,23). The fraction of sp³-hybridized carbons (Fsp3) is 0.529. The molecule has 2 heterocycles. The first-order valence-electron chi connectivity index (χ1n) is 8.78. The molecule has 3 rings (SSSR count). The topological polar surface area (TPSA) is 108 Å². The molecule has 0 radical (unpaired) electrons. The van der Waals surface area contributed by atoms with Crippen molar-refractivity contribution in [2.45, 2.75) is 44.1 Å². The molecular weight excluding hydrogens is 390 g/mol. The van der Waals surface area contributed by atoms with E-state index < -0.39 is 5.95 Å². The Morgan fingerprint density at radius 2 is 2.19 bits per heavy atom. The molecule has 0 atom stereocenters. The fourth-order valence-corrected chi connectivity index (χ4v) is 5.11. The predicted octanol–water partition coefficient (Wildman–Crippen LogP) is 1.81. The molecule has 0 saturated carbocycles. The van der Waals surface area contributed by atoms with Crippen LogP contribution >= 0.6 is 23.1 Å². The average molecular weight is 412 g/mol. The zero-order valence-electron chi connectivity index (χ0n) is 15.2. The Morgan fingerprint density at radius 1 is 1.41 bits per heavy atom. The number of fused-ring (bicyclic) bond motifs is 1. The number of aromatic nitrogens is 2. The normalized spacial score (nSPS) is 13.3. The van der Waals surface area contributed by atoms with E-state index in [9.17, 15) is 14.7 Å². The maximum absolute atomic E-state index is 12.4. The number of carbonyl (C=O) groups excluding carboxylic acids is 2. The molecule has 10 heteroatoms. The number of thiophene rings is 1. The molecule has 0 fully saturated rings. The zero-order valence-corrected chi connectivity index (χ0v) is 16.8. The minimum Gasteiger partial charge on any atom is -0.538 e. The van der Waals surface area contributed by atoms with E-state index in [2.05, 4.69) is 15.1 Å². The smallest absolute Gasteiger partial charge is 0.341 e. The molecule has 0 bridgehead atoms. The summed E-state index contributed by atoms with van der Waals surface area (Å²) in [6, 6.07) is 0. The highest BCUT2D eigenvalue weighted by Crippen LogP contribution is 2.38. The number of esters is 1. The van der Waals surface area contributed by atoms with Gasteiger partial charge in [-0.3, -0.25) is 4.79 Å². The Kier molecular flexibility index (Phi) is 6.38. The Hall–Kier alpha value is -2.07. The van der Waals surface area contributed by atoms with Gasteiger partial charge in [-0.15, -0.1) is 11.3 Å². The number of aryl methyl sites for hydroxylation is 2. The van der Waals surface area contributed by atoms with E-state index in [4.69, 9.17) is 4.74 Å². The van der Waals surface area contributed by atoms with Crippen molar-refractivity contribution in [3.05, 3.63) is 16.0 Å². The monoisotopic (exact) mass is 411 g/mol. The number of anilines is 1. The Balaban J connectivity index is 1.66. The van der Waals surface area contributed by atoms with Gasteiger partial charge in [0.15, 0.2) is 13.0 Å². The third-order valence-corrected chi connectivity index (χ3v) is 6.51. The zero-order chi connectivity index (χ0) is 19.4. The van der Waals surface area contributed by atoms with Crippen molar-refractivity contribution in [3.8, 4) is 5.95 Å². The SMILES string of the molecule is CCOC(=O)c1c(NC(=O)CCSc2c([O-])on[n+]2C)sc2c1CCCC2. The molecule has 0 aliphatic heterocycles. The molecule has 0 unspecified atom stereocenters. The summed E-state index contributed by atoms with van der Waals surface area (Å²) < 4.78 is 11.1. The number of hydrogen-bond acceptors (Lipinski definition) is 8. The van der Waals surface area contributed by atoms with Crippen LogP contribution in [0.3, 0.4) is 0 Å². The third-order valence-electron chi connectivity index (χ3n) is 4.19. The van der Waals surface area contributed by atoms with Crippen molar-refractivity contribution in [1.82, 2.24) is 5.27 Å². The average Bonchev–Trinajstić information content (AvgIpc) is 3.15. The minimum atomic E-state index is -0.515. The molecule has 1 aliphatic rings. The highest BCUT2D eigenvalue weighted by molar-refractivity contribution is 7.99. The van der Waals surface area contributed by atoms with E-state index >= 15 is 0 Å². The van der Waals surface area contributed by atoms with Crippen molar-refractivity contribution in [2.75, 3.05) is 17.7 Å². The summed E-state index contributed by atoms with van der Waals surface area (Å²) in [7, 11) is 1.61. The van der Waals surface area contributed by atoms with E-state index in [1.165, 1.54) is 27.8 Å². The van der Waals surface area contributed by atoms with Crippen molar-refractivity contribution in [3.63, 3.8) is 0 Å². The second kappa shape index (κ2) is 8.75. The summed E-state index contributed by atoms with van der Waals surface area (Å²) in [4.78, 5) is 25.9. The van der Waals surface area contributed by atoms with Gasteiger partial charge in [0.1, 0.15) is 5.00 Å². The molecule has 0 spiro atoms. The van der Waals surface area contributed by atoms with Crippen molar-refractivity contribution in [1.29, 1.82) is 0 Å². The number of ether oxygens (including phenoxy) is 1. The molecule has 1 N–H and O–H groups in total. The summed E-state index contributed by atoms with van der Waals surface area (Å²) in [5.41, 5.74) is 1.52. The first-order chi connectivity index (χ1) is 13.0. The van der Waals surface area contributed by atoms with Gasteiger partial charge in [-0.1, -0.05) is 16.4 Å². The number of nitrogens with zero attached hydrogens (tertiary/aromatic N) is 2. The van der Waals surface area contributed by atoms with Crippen molar-refractivity contribution >= 4 is 40.0 Å². The quantitative estimate of drug-likeness (QED) is 0.420. The maximum atomic E-state index is 12.4. The maximum Gasteiger partial charge on any atom is 0.341 e. The van der Waals surface area contributed by atoms with Gasteiger partial charge >= 0.3 is 5.97 Å². The second-order valence-corrected chi connectivity index (χ2v) is 8.26. The number of carbonyl (C=O) groups is 2. The van der Waals surface area contributed by atoms with Crippen LogP contribution in [0, 0.1) is 0 Å². The van der Waals surface area contributed by atoms with E-state index in [0.717, 1.165) is 36.1 Å². The Morgan fingerprint density at radius 3 is 2.89 bits per heavy atom. The van der Waals surface area contributed by atoms with Crippen LogP contribution < -0.4 is 15.1 Å². The van der Waals surface area contributed by atoms with E-state index in [0.29, 0.717) is 28.0 Å². The number of hydrogen-bond donors (Lipinski definition) is 1. The molecule has 2 aromatic heterocycles. The summed E-state index contributed by atoms with van der Waals surface area (Å²) in [5.74, 6) is -0.707. The molecule has 27 heavy (non-hydrogen) atoms. The lowest BCUT2D eigenvalue weighted by molar-refractivity contribution is -0.772. The second-order valence-electron chi connectivity index (χ2n) is 6.07. The van der Waals surface area contributed by atoms with Gasteiger partial charge in [0.25, 0.3) is 5.03 Å². The lowest BCUT2D eigenvalue weighted by Crippen LogP contribution is -2.32. The predicted molar refractivity (Wildman–Crippen MR) is 98.0 cm³/mol. The Bertz CT molecular complexity index is 826. The van der Waals surface area contributed by atoms with E-state index in [1.54, 1.807) is 14.0 Å². The summed E-state index contributed by atoms with van der Waals surface area (Å²) >= 11 is 2.67. The molecule has 146 valence electrons. The fourth-order valence-electron chi connectivity index (χ4n) is 2.96. The van der Waals surface area contributed by atoms with Crippen LogP contribution in [0.1, 0.15) is 47.0 Å². The van der Waals surface area contributed by atoms with Crippen molar-refractivity contribution in [2.24, 2.45) is 7.05 Å². The van der Waals surface area contributed by atoms with Crippen LogP contribution in [0.25, 0.3) is 0 Å². The molecule has 0 saturated heterocycles. The molecule has 1 aliphatic carbocycles. The third kappa shape index (κ3) is 4.44. The lowest BCUT2D eigenvalue weighted by atomic mass is 9.95. The van der Waals surface area contributed by atoms with E-state index in [-0.39, 0.29) is 18.3 Å². The van der Waals surface area contributed by atoms with Gasteiger partial charge in [0.2, 0.25) is 5.91 Å². The van der Waals surface area contributed by atoms with Gasteiger partial charge in [0, 0.05) is 17.1 Å². The lowest BCUT2D eigenvalue weighted by Gasteiger charge is -2.12. The molecule has 1 amide bonds. The van der Waals surface area contributed by atoms with Crippen LogP contribution in [-0.2, 0) is 29.4 Å². The first kappa shape index (κ1) is 19.7. The highest BCUT2D eigenvalue weighted by atomic mass is 32.2. The van der Waals surface area contributed by atoms with Crippen LogP contribution in [0.15, 0.2) is 9.55 Å².